The van der Waals surface area contributed by atoms with E-state index in [4.69, 9.17) is 12.2 Å². The minimum absolute atomic E-state index is 0.583. The van der Waals surface area contributed by atoms with E-state index < -0.39 is 0 Å². The van der Waals surface area contributed by atoms with Gasteiger partial charge in [0.15, 0.2) is 5.11 Å². The van der Waals surface area contributed by atoms with E-state index in [1.165, 1.54) is 0 Å². The second kappa shape index (κ2) is 4.97. The highest BCUT2D eigenvalue weighted by Crippen LogP contribution is 2.06. The van der Waals surface area contributed by atoms with Gasteiger partial charge in [0, 0.05) is 0 Å². The Labute approximate surface area is 84.3 Å². The number of nitrogens with one attached hydrogen (secondary N) is 2. The fourth-order valence-electron chi connectivity index (χ4n) is 1.20. The third-order valence-electron chi connectivity index (χ3n) is 1.75. The Hall–Kier alpha value is -0.900. The number of allylic oxidation sites excluding steroid dienone is 2. The molecule has 0 bridgehead atoms. The summed E-state index contributed by atoms with van der Waals surface area (Å²) in [6.07, 6.45) is 5.18. The van der Waals surface area contributed by atoms with Crippen molar-refractivity contribution >= 4 is 23.0 Å². The zero-order chi connectivity index (χ0) is 9.68. The lowest BCUT2D eigenvalue weighted by atomic mass is 10.1. The number of rotatable bonds is 3. The topological polar surface area (TPSA) is 36.4 Å². The van der Waals surface area contributed by atoms with Gasteiger partial charge in [-0.1, -0.05) is 26.3 Å². The summed E-state index contributed by atoms with van der Waals surface area (Å²) >= 11 is 4.96. The van der Waals surface area contributed by atoms with E-state index in [0.29, 0.717) is 5.11 Å². The second-order valence-electron chi connectivity index (χ2n) is 2.90. The molecule has 0 unspecified atom stereocenters. The summed E-state index contributed by atoms with van der Waals surface area (Å²) in [5, 5.41) is 7.88. The Morgan fingerprint density at radius 3 is 2.85 bits per heavy atom. The van der Waals surface area contributed by atoms with Gasteiger partial charge in [-0.15, -0.1) is 0 Å². The van der Waals surface area contributed by atoms with E-state index in [0.717, 1.165) is 30.7 Å². The molecule has 0 radical (unpaired) electrons. The van der Waals surface area contributed by atoms with Crippen molar-refractivity contribution in [2.24, 2.45) is 5.10 Å². The summed E-state index contributed by atoms with van der Waals surface area (Å²) in [6, 6.07) is 0. The number of hydrazone groups is 1. The highest BCUT2D eigenvalue weighted by atomic mass is 32.1. The van der Waals surface area contributed by atoms with Crippen molar-refractivity contribution in [1.82, 2.24) is 10.7 Å². The highest BCUT2D eigenvalue weighted by molar-refractivity contribution is 7.80. The molecule has 0 aliphatic carbocycles. The van der Waals surface area contributed by atoms with E-state index >= 15 is 0 Å². The lowest BCUT2D eigenvalue weighted by molar-refractivity contribution is 0.890. The standard InChI is InChI=1S/C9H15N3S/c1-3-5-7-8(6-4-2)11-12-9(13)10-7/h5H,3-4,6H2,1-2H3,(H2,10,12,13)/b7-5+. The van der Waals surface area contributed by atoms with Crippen LogP contribution in [0, 0.1) is 0 Å². The van der Waals surface area contributed by atoms with Crippen molar-refractivity contribution in [3.63, 3.8) is 0 Å². The van der Waals surface area contributed by atoms with E-state index in [9.17, 15) is 0 Å². The van der Waals surface area contributed by atoms with Crippen molar-refractivity contribution in [2.75, 3.05) is 0 Å². The minimum Gasteiger partial charge on any atom is -0.330 e. The van der Waals surface area contributed by atoms with Crippen LogP contribution in [0.5, 0.6) is 0 Å². The molecule has 0 aromatic carbocycles. The van der Waals surface area contributed by atoms with Gasteiger partial charge in [0.2, 0.25) is 0 Å². The zero-order valence-electron chi connectivity index (χ0n) is 8.05. The Morgan fingerprint density at radius 2 is 2.23 bits per heavy atom. The molecule has 0 amide bonds. The van der Waals surface area contributed by atoms with Crippen molar-refractivity contribution in [3.8, 4) is 0 Å². The summed E-state index contributed by atoms with van der Waals surface area (Å²) < 4.78 is 0. The normalized spacial score (nSPS) is 19.4. The van der Waals surface area contributed by atoms with Crippen LogP contribution in [0.1, 0.15) is 33.1 Å². The molecule has 72 valence electrons. The molecule has 0 atom stereocenters. The largest absolute Gasteiger partial charge is 0.330 e. The van der Waals surface area contributed by atoms with Gasteiger partial charge in [0.05, 0.1) is 11.4 Å². The average Bonchev–Trinajstić information content (AvgIpc) is 2.10. The molecule has 3 nitrogen and oxygen atoms in total. The first-order valence-electron chi connectivity index (χ1n) is 4.62. The Balaban J connectivity index is 2.77. The minimum atomic E-state index is 0.583. The van der Waals surface area contributed by atoms with Crippen LogP contribution in [0.3, 0.4) is 0 Å². The van der Waals surface area contributed by atoms with Crippen LogP contribution < -0.4 is 10.7 Å². The fraction of sp³-hybridized carbons (Fsp3) is 0.556. The van der Waals surface area contributed by atoms with E-state index in [-0.39, 0.29) is 0 Å². The van der Waals surface area contributed by atoms with Crippen LogP contribution in [0.15, 0.2) is 16.9 Å². The molecule has 4 heteroatoms. The summed E-state index contributed by atoms with van der Waals surface area (Å²) in [5.74, 6) is 0. The smallest absolute Gasteiger partial charge is 0.191 e. The number of hydrogen-bond acceptors (Lipinski definition) is 2. The Morgan fingerprint density at radius 1 is 1.46 bits per heavy atom. The molecule has 0 saturated heterocycles. The van der Waals surface area contributed by atoms with Gasteiger partial charge >= 0.3 is 0 Å². The molecule has 1 aliphatic heterocycles. The molecule has 2 N–H and O–H groups in total. The van der Waals surface area contributed by atoms with Gasteiger partial charge in [-0.25, -0.2) is 0 Å². The molecular weight excluding hydrogens is 182 g/mol. The third-order valence-corrected chi connectivity index (χ3v) is 1.94. The first kappa shape index (κ1) is 10.2. The molecule has 0 aromatic rings. The number of thiocarbonyl (C=S) groups is 1. The van der Waals surface area contributed by atoms with Crippen LogP contribution in [-0.4, -0.2) is 10.8 Å². The van der Waals surface area contributed by atoms with Gasteiger partial charge in [-0.3, -0.25) is 5.43 Å². The maximum Gasteiger partial charge on any atom is 0.191 e. The number of hydrogen-bond donors (Lipinski definition) is 2. The van der Waals surface area contributed by atoms with Gasteiger partial charge in [0.1, 0.15) is 0 Å². The fourth-order valence-corrected chi connectivity index (χ4v) is 1.36. The third kappa shape index (κ3) is 2.81. The van der Waals surface area contributed by atoms with Crippen LogP contribution in [0.2, 0.25) is 0 Å². The molecular formula is C9H15N3S. The first-order chi connectivity index (χ1) is 6.27. The molecule has 1 aliphatic rings. The molecule has 0 aromatic heterocycles. The predicted octanol–water partition coefficient (Wildman–Crippen LogP) is 1.91. The first-order valence-corrected chi connectivity index (χ1v) is 5.02. The monoisotopic (exact) mass is 197 g/mol. The van der Waals surface area contributed by atoms with Crippen LogP contribution >= 0.6 is 12.2 Å². The Bertz CT molecular complexity index is 256. The summed E-state index contributed by atoms with van der Waals surface area (Å²) in [5.41, 5.74) is 4.90. The lowest BCUT2D eigenvalue weighted by Crippen LogP contribution is -2.39. The van der Waals surface area contributed by atoms with Crippen LogP contribution in [0.4, 0.5) is 0 Å². The van der Waals surface area contributed by atoms with Gasteiger partial charge in [0.25, 0.3) is 0 Å². The molecule has 0 spiro atoms. The van der Waals surface area contributed by atoms with Crippen LogP contribution in [0.25, 0.3) is 0 Å². The van der Waals surface area contributed by atoms with Crippen molar-refractivity contribution in [1.29, 1.82) is 0 Å². The van der Waals surface area contributed by atoms with Gasteiger partial charge in [-0.2, -0.15) is 5.10 Å². The Kier molecular flexibility index (Phi) is 3.89. The summed E-state index contributed by atoms with van der Waals surface area (Å²) in [4.78, 5) is 0. The molecule has 1 heterocycles. The zero-order valence-corrected chi connectivity index (χ0v) is 8.87. The van der Waals surface area contributed by atoms with Crippen molar-refractivity contribution < 1.29 is 0 Å². The molecule has 0 saturated carbocycles. The van der Waals surface area contributed by atoms with E-state index in [1.807, 2.05) is 0 Å². The summed E-state index contributed by atoms with van der Waals surface area (Å²) in [6.45, 7) is 4.24. The lowest BCUT2D eigenvalue weighted by Gasteiger charge is -2.18. The van der Waals surface area contributed by atoms with Crippen molar-refractivity contribution in [3.05, 3.63) is 11.8 Å². The predicted molar refractivity (Wildman–Crippen MR) is 59.6 cm³/mol. The maximum absolute atomic E-state index is 4.96. The maximum atomic E-state index is 4.96. The van der Waals surface area contributed by atoms with E-state index in [1.54, 1.807) is 0 Å². The molecule has 0 fully saturated rings. The van der Waals surface area contributed by atoms with E-state index in [2.05, 4.69) is 35.8 Å². The number of nitrogens with zero attached hydrogens (tertiary/aromatic N) is 1. The molecule has 1 rings (SSSR count). The quantitative estimate of drug-likeness (QED) is 0.679. The van der Waals surface area contributed by atoms with Crippen molar-refractivity contribution in [2.45, 2.75) is 33.1 Å². The second-order valence-corrected chi connectivity index (χ2v) is 3.31. The molecule has 13 heavy (non-hydrogen) atoms. The SMILES string of the molecule is CC/C=C1/NC(=S)NN=C1CCC. The van der Waals surface area contributed by atoms with Gasteiger partial charge in [-0.05, 0) is 25.1 Å². The highest BCUT2D eigenvalue weighted by Gasteiger charge is 2.12. The summed E-state index contributed by atoms with van der Waals surface area (Å²) in [7, 11) is 0. The van der Waals surface area contributed by atoms with Gasteiger partial charge < -0.3 is 5.32 Å². The average molecular weight is 197 g/mol. The van der Waals surface area contributed by atoms with Crippen LogP contribution in [-0.2, 0) is 0 Å².